The van der Waals surface area contributed by atoms with Crippen LogP contribution in [0, 0.1) is 6.92 Å². The van der Waals surface area contributed by atoms with E-state index in [1.54, 1.807) is 0 Å². The second-order valence-corrected chi connectivity index (χ2v) is 5.18. The molecule has 1 N–H and O–H groups in total. The van der Waals surface area contributed by atoms with E-state index in [1.807, 2.05) is 0 Å². The van der Waals surface area contributed by atoms with E-state index in [4.69, 9.17) is 0 Å². The second kappa shape index (κ2) is 4.95. The third-order valence-electron chi connectivity index (χ3n) is 3.77. The Bertz CT molecular complexity index is 539. The fourth-order valence-corrected chi connectivity index (χ4v) is 2.74. The molecule has 18 heavy (non-hydrogen) atoms. The van der Waals surface area contributed by atoms with Gasteiger partial charge in [0.1, 0.15) is 0 Å². The van der Waals surface area contributed by atoms with Gasteiger partial charge in [0, 0.05) is 6.54 Å². The molecule has 2 aromatic rings. The maximum Gasteiger partial charge on any atom is 0.00206 e. The molecule has 1 nitrogen and oxygen atoms in total. The first kappa shape index (κ1) is 11.5. The Balaban J connectivity index is 1.95. The average molecular weight is 237 g/mol. The van der Waals surface area contributed by atoms with Gasteiger partial charge in [0.25, 0.3) is 0 Å². The van der Waals surface area contributed by atoms with Crippen molar-refractivity contribution in [2.24, 2.45) is 0 Å². The summed E-state index contributed by atoms with van der Waals surface area (Å²) in [5, 5.41) is 3.44. The molecule has 1 unspecified atom stereocenters. The molecule has 0 radical (unpaired) electrons. The first-order chi connectivity index (χ1) is 8.83. The molecule has 1 aliphatic heterocycles. The van der Waals surface area contributed by atoms with Gasteiger partial charge >= 0.3 is 0 Å². The Morgan fingerprint density at radius 2 is 1.78 bits per heavy atom. The van der Waals surface area contributed by atoms with Gasteiger partial charge in [0.2, 0.25) is 0 Å². The Morgan fingerprint density at radius 3 is 2.50 bits per heavy atom. The molecule has 0 aromatic heterocycles. The zero-order valence-corrected chi connectivity index (χ0v) is 10.8. The van der Waals surface area contributed by atoms with Gasteiger partial charge in [-0.05, 0) is 42.5 Å². The first-order valence-corrected chi connectivity index (χ1v) is 6.71. The summed E-state index contributed by atoms with van der Waals surface area (Å²) in [6.45, 7) is 4.42. The number of benzene rings is 2. The summed E-state index contributed by atoms with van der Waals surface area (Å²) in [6, 6.07) is 17.7. The molecule has 0 aliphatic carbocycles. The van der Waals surface area contributed by atoms with Crippen molar-refractivity contribution in [3.63, 3.8) is 0 Å². The number of hydrogen-bond acceptors (Lipinski definition) is 1. The third-order valence-corrected chi connectivity index (χ3v) is 3.77. The van der Waals surface area contributed by atoms with Crippen molar-refractivity contribution >= 4 is 0 Å². The van der Waals surface area contributed by atoms with Crippen LogP contribution >= 0.6 is 0 Å². The van der Waals surface area contributed by atoms with Crippen LogP contribution < -0.4 is 5.32 Å². The van der Waals surface area contributed by atoms with Crippen LogP contribution in [0.2, 0.25) is 0 Å². The van der Waals surface area contributed by atoms with Crippen LogP contribution in [0.4, 0.5) is 0 Å². The van der Waals surface area contributed by atoms with Crippen LogP contribution in [-0.4, -0.2) is 13.1 Å². The fraction of sp³-hybridized carbons (Fsp3) is 0.294. The molecular weight excluding hydrogens is 218 g/mol. The first-order valence-electron chi connectivity index (χ1n) is 6.71. The minimum atomic E-state index is 0.690. The molecule has 1 fully saturated rings. The molecule has 1 saturated heterocycles. The lowest BCUT2D eigenvalue weighted by atomic mass is 9.94. The number of nitrogens with one attached hydrogen (secondary N) is 1. The van der Waals surface area contributed by atoms with Gasteiger partial charge in [-0.1, -0.05) is 54.1 Å². The predicted molar refractivity (Wildman–Crippen MR) is 76.8 cm³/mol. The molecule has 92 valence electrons. The zero-order chi connectivity index (χ0) is 12.4. The number of aryl methyl sites for hydroxylation is 1. The maximum atomic E-state index is 3.44. The predicted octanol–water partition coefficient (Wildman–Crippen LogP) is 3.74. The Kier molecular flexibility index (Phi) is 3.16. The summed E-state index contributed by atoms with van der Waals surface area (Å²) in [4.78, 5) is 0. The largest absolute Gasteiger partial charge is 0.316 e. The summed E-state index contributed by atoms with van der Waals surface area (Å²) in [7, 11) is 0. The molecule has 2 aromatic carbocycles. The van der Waals surface area contributed by atoms with E-state index in [-0.39, 0.29) is 0 Å². The molecule has 3 rings (SSSR count). The average Bonchev–Trinajstić information content (AvgIpc) is 2.93. The van der Waals surface area contributed by atoms with E-state index < -0.39 is 0 Å². The third kappa shape index (κ3) is 2.32. The Labute approximate surface area is 109 Å². The van der Waals surface area contributed by atoms with Crippen LogP contribution in [0.5, 0.6) is 0 Å². The highest BCUT2D eigenvalue weighted by Crippen LogP contribution is 2.27. The summed E-state index contributed by atoms with van der Waals surface area (Å²) in [5.74, 6) is 0.690. The van der Waals surface area contributed by atoms with Crippen LogP contribution in [0.15, 0.2) is 48.5 Å². The molecule has 0 amide bonds. The van der Waals surface area contributed by atoms with Gasteiger partial charge in [-0.2, -0.15) is 0 Å². The van der Waals surface area contributed by atoms with Crippen molar-refractivity contribution in [1.29, 1.82) is 0 Å². The molecular formula is C17H19N. The van der Waals surface area contributed by atoms with E-state index in [9.17, 15) is 0 Å². The SMILES string of the molecule is Cc1cccc(-c2cccc(C3CCNC3)c2)c1. The van der Waals surface area contributed by atoms with Gasteiger partial charge in [-0.15, -0.1) is 0 Å². The van der Waals surface area contributed by atoms with Crippen molar-refractivity contribution in [1.82, 2.24) is 5.32 Å². The van der Waals surface area contributed by atoms with Gasteiger partial charge in [-0.3, -0.25) is 0 Å². The lowest BCUT2D eigenvalue weighted by Gasteiger charge is -2.11. The molecule has 0 spiro atoms. The van der Waals surface area contributed by atoms with Crippen LogP contribution in [0.1, 0.15) is 23.5 Å². The molecule has 0 saturated carbocycles. The minimum Gasteiger partial charge on any atom is -0.316 e. The Morgan fingerprint density at radius 1 is 1.00 bits per heavy atom. The smallest absolute Gasteiger partial charge is 0.00206 e. The normalized spacial score (nSPS) is 19.1. The fourth-order valence-electron chi connectivity index (χ4n) is 2.74. The molecule has 1 heterocycles. The minimum absolute atomic E-state index is 0.690. The zero-order valence-electron chi connectivity index (χ0n) is 10.8. The maximum absolute atomic E-state index is 3.44. The van der Waals surface area contributed by atoms with Gasteiger partial charge in [0.05, 0.1) is 0 Å². The molecule has 0 bridgehead atoms. The highest BCUT2D eigenvalue weighted by molar-refractivity contribution is 5.65. The van der Waals surface area contributed by atoms with Crippen molar-refractivity contribution < 1.29 is 0 Å². The van der Waals surface area contributed by atoms with Crippen LogP contribution in [0.25, 0.3) is 11.1 Å². The monoisotopic (exact) mass is 237 g/mol. The van der Waals surface area contributed by atoms with Crippen molar-refractivity contribution in [3.8, 4) is 11.1 Å². The van der Waals surface area contributed by atoms with Gasteiger partial charge in [-0.25, -0.2) is 0 Å². The van der Waals surface area contributed by atoms with Crippen molar-refractivity contribution in [2.45, 2.75) is 19.3 Å². The van der Waals surface area contributed by atoms with Crippen LogP contribution in [-0.2, 0) is 0 Å². The standard InChI is InChI=1S/C17H19N/c1-13-4-2-5-14(10-13)15-6-3-7-16(11-15)17-8-9-18-12-17/h2-7,10-11,17-18H,8-9,12H2,1H3. The number of rotatable bonds is 2. The summed E-state index contributed by atoms with van der Waals surface area (Å²) >= 11 is 0. The van der Waals surface area contributed by atoms with E-state index >= 15 is 0 Å². The van der Waals surface area contributed by atoms with E-state index in [2.05, 4.69) is 60.8 Å². The lowest BCUT2D eigenvalue weighted by molar-refractivity contribution is 0.764. The second-order valence-electron chi connectivity index (χ2n) is 5.18. The van der Waals surface area contributed by atoms with Gasteiger partial charge in [0.15, 0.2) is 0 Å². The number of hydrogen-bond donors (Lipinski definition) is 1. The molecule has 1 heteroatoms. The van der Waals surface area contributed by atoms with Crippen LogP contribution in [0.3, 0.4) is 0 Å². The quantitative estimate of drug-likeness (QED) is 0.839. The van der Waals surface area contributed by atoms with E-state index in [0.29, 0.717) is 5.92 Å². The highest BCUT2D eigenvalue weighted by atomic mass is 14.9. The molecule has 1 aliphatic rings. The molecule has 1 atom stereocenters. The lowest BCUT2D eigenvalue weighted by Crippen LogP contribution is -2.07. The van der Waals surface area contributed by atoms with Gasteiger partial charge < -0.3 is 5.32 Å². The van der Waals surface area contributed by atoms with Crippen molar-refractivity contribution in [3.05, 3.63) is 59.7 Å². The summed E-state index contributed by atoms with van der Waals surface area (Å²) < 4.78 is 0. The van der Waals surface area contributed by atoms with Crippen molar-refractivity contribution in [2.75, 3.05) is 13.1 Å². The summed E-state index contributed by atoms with van der Waals surface area (Å²) in [5.41, 5.74) is 5.45. The topological polar surface area (TPSA) is 12.0 Å². The van der Waals surface area contributed by atoms with E-state index in [1.165, 1.54) is 28.7 Å². The Hall–Kier alpha value is -1.60. The van der Waals surface area contributed by atoms with E-state index in [0.717, 1.165) is 13.1 Å². The summed E-state index contributed by atoms with van der Waals surface area (Å²) in [6.07, 6.45) is 1.26. The highest BCUT2D eigenvalue weighted by Gasteiger charge is 2.16.